The molecule has 1 amide bonds. The van der Waals surface area contributed by atoms with Crippen molar-refractivity contribution in [3.63, 3.8) is 0 Å². The summed E-state index contributed by atoms with van der Waals surface area (Å²) >= 11 is 0. The van der Waals surface area contributed by atoms with Crippen LogP contribution in [0.25, 0.3) is 0 Å². The van der Waals surface area contributed by atoms with Crippen LogP contribution in [0.15, 0.2) is 66.0 Å². The number of hydrogen-bond donors (Lipinski definition) is 3. The molecule has 3 atom stereocenters. The quantitative estimate of drug-likeness (QED) is 0.541. The van der Waals surface area contributed by atoms with Crippen LogP contribution in [-0.4, -0.2) is 39.3 Å². The van der Waals surface area contributed by atoms with Crippen molar-refractivity contribution in [2.24, 2.45) is 0 Å². The standard InChI is InChI=1S/C21H23NO5/c1-3-4-5-9-12-16-14(2)17(23)21(27-16)18(24)20(26,22-19(21)25)13-15-10-7-6-8-11-15/h4-12,18,24,26H,3,13H2,1-2H3,(H,22,25). The van der Waals surface area contributed by atoms with Gasteiger partial charge in [-0.1, -0.05) is 55.5 Å². The summed E-state index contributed by atoms with van der Waals surface area (Å²) in [6, 6.07) is 8.91. The molecule has 1 aromatic rings. The van der Waals surface area contributed by atoms with Gasteiger partial charge in [-0.05, 0) is 25.0 Å². The SMILES string of the molecule is CCC=CC=CC1=C(C)C(=O)C2(O1)C(=O)NC(O)(Cc1ccccc1)C2O. The topological polar surface area (TPSA) is 95.9 Å². The van der Waals surface area contributed by atoms with Crippen LogP contribution in [0.1, 0.15) is 25.8 Å². The van der Waals surface area contributed by atoms with Gasteiger partial charge in [0.15, 0.2) is 11.8 Å². The minimum Gasteiger partial charge on any atom is -0.466 e. The average molecular weight is 369 g/mol. The van der Waals surface area contributed by atoms with Gasteiger partial charge >= 0.3 is 0 Å². The number of benzene rings is 1. The zero-order valence-corrected chi connectivity index (χ0v) is 15.3. The normalized spacial score (nSPS) is 30.7. The number of aliphatic hydroxyl groups is 2. The number of carbonyl (C=O) groups is 2. The highest BCUT2D eigenvalue weighted by Gasteiger charge is 2.70. The Labute approximate surface area is 157 Å². The van der Waals surface area contributed by atoms with Crippen molar-refractivity contribution >= 4 is 11.7 Å². The van der Waals surface area contributed by atoms with Crippen LogP contribution in [0.4, 0.5) is 0 Å². The van der Waals surface area contributed by atoms with Gasteiger partial charge in [0.2, 0.25) is 5.78 Å². The van der Waals surface area contributed by atoms with Crippen molar-refractivity contribution in [3.8, 4) is 0 Å². The molecule has 1 fully saturated rings. The van der Waals surface area contributed by atoms with E-state index >= 15 is 0 Å². The first-order valence-corrected chi connectivity index (χ1v) is 8.90. The Balaban J connectivity index is 1.88. The highest BCUT2D eigenvalue weighted by Crippen LogP contribution is 2.42. The van der Waals surface area contributed by atoms with Gasteiger partial charge < -0.3 is 20.3 Å². The lowest BCUT2D eigenvalue weighted by molar-refractivity contribution is -0.161. The summed E-state index contributed by atoms with van der Waals surface area (Å²) < 4.78 is 5.66. The number of Topliss-reactive ketones (excluding diaryl/α,β-unsaturated/α-hetero) is 1. The van der Waals surface area contributed by atoms with E-state index in [0.717, 1.165) is 6.42 Å². The van der Waals surface area contributed by atoms with E-state index in [1.807, 2.05) is 19.1 Å². The molecule has 0 radical (unpaired) electrons. The van der Waals surface area contributed by atoms with E-state index in [2.05, 4.69) is 5.32 Å². The van der Waals surface area contributed by atoms with Gasteiger partial charge in [0.05, 0.1) is 0 Å². The molecule has 2 aliphatic heterocycles. The molecule has 1 saturated heterocycles. The second-order valence-corrected chi connectivity index (χ2v) is 6.79. The second-order valence-electron chi connectivity index (χ2n) is 6.79. The number of hydrogen-bond acceptors (Lipinski definition) is 5. The first-order chi connectivity index (χ1) is 12.8. The number of ketones is 1. The lowest BCUT2D eigenvalue weighted by atomic mass is 9.86. The zero-order valence-electron chi connectivity index (χ0n) is 15.3. The van der Waals surface area contributed by atoms with Gasteiger partial charge in [-0.15, -0.1) is 0 Å². The first-order valence-electron chi connectivity index (χ1n) is 8.90. The number of rotatable bonds is 5. The van der Waals surface area contributed by atoms with Crippen LogP contribution in [0.2, 0.25) is 0 Å². The highest BCUT2D eigenvalue weighted by molar-refractivity contribution is 6.20. The minimum atomic E-state index is -2.16. The maximum atomic E-state index is 12.8. The minimum absolute atomic E-state index is 0.0530. The van der Waals surface area contributed by atoms with E-state index in [0.29, 0.717) is 5.56 Å². The lowest BCUT2D eigenvalue weighted by Crippen LogP contribution is -2.56. The molecule has 0 saturated carbocycles. The molecule has 142 valence electrons. The molecule has 3 N–H and O–H groups in total. The molecule has 0 bridgehead atoms. The van der Waals surface area contributed by atoms with E-state index in [4.69, 9.17) is 4.74 Å². The molecule has 6 nitrogen and oxygen atoms in total. The van der Waals surface area contributed by atoms with Gasteiger partial charge in [0, 0.05) is 12.0 Å². The molecule has 0 aliphatic carbocycles. The van der Waals surface area contributed by atoms with Crippen LogP contribution in [0.5, 0.6) is 0 Å². The molecule has 2 aliphatic rings. The Morgan fingerprint density at radius 3 is 2.59 bits per heavy atom. The Morgan fingerprint density at radius 1 is 1.22 bits per heavy atom. The summed E-state index contributed by atoms with van der Waals surface area (Å²) in [5.41, 5.74) is -3.23. The summed E-state index contributed by atoms with van der Waals surface area (Å²) in [6.07, 6.45) is 6.05. The van der Waals surface area contributed by atoms with Gasteiger partial charge in [-0.2, -0.15) is 0 Å². The van der Waals surface area contributed by atoms with Crippen LogP contribution >= 0.6 is 0 Å². The third-order valence-corrected chi connectivity index (χ3v) is 4.87. The zero-order chi connectivity index (χ0) is 19.7. The van der Waals surface area contributed by atoms with Crippen LogP contribution in [0, 0.1) is 0 Å². The lowest BCUT2D eigenvalue weighted by Gasteiger charge is -2.30. The number of allylic oxidation sites excluding steroid dienone is 4. The fourth-order valence-electron chi connectivity index (χ4n) is 3.40. The van der Waals surface area contributed by atoms with Gasteiger partial charge in [0.25, 0.3) is 11.5 Å². The summed E-state index contributed by atoms with van der Waals surface area (Å²) in [6.45, 7) is 3.53. The van der Waals surface area contributed by atoms with Crippen LogP contribution in [0.3, 0.4) is 0 Å². The predicted molar refractivity (Wildman–Crippen MR) is 99.3 cm³/mol. The number of ether oxygens (including phenoxy) is 1. The second kappa shape index (κ2) is 7.13. The summed E-state index contributed by atoms with van der Waals surface area (Å²) in [5.74, 6) is -1.28. The number of aliphatic hydroxyl groups excluding tert-OH is 1. The van der Waals surface area contributed by atoms with Crippen molar-refractivity contribution in [3.05, 3.63) is 71.5 Å². The highest BCUT2D eigenvalue weighted by atomic mass is 16.5. The summed E-state index contributed by atoms with van der Waals surface area (Å²) in [4.78, 5) is 25.5. The molecule has 1 spiro atoms. The smallest absolute Gasteiger partial charge is 0.278 e. The van der Waals surface area contributed by atoms with E-state index < -0.39 is 29.1 Å². The molecule has 3 rings (SSSR count). The van der Waals surface area contributed by atoms with Gasteiger partial charge in [-0.25, -0.2) is 0 Å². The van der Waals surface area contributed by atoms with Crippen LogP contribution < -0.4 is 5.32 Å². The fraction of sp³-hybridized carbons (Fsp3) is 0.333. The Kier molecular flexibility index (Phi) is 5.04. The van der Waals surface area contributed by atoms with Gasteiger partial charge in [0.1, 0.15) is 5.76 Å². The largest absolute Gasteiger partial charge is 0.466 e. The third kappa shape index (κ3) is 3.11. The van der Waals surface area contributed by atoms with E-state index in [9.17, 15) is 19.8 Å². The number of carbonyl (C=O) groups excluding carboxylic acids is 2. The molecule has 27 heavy (non-hydrogen) atoms. The molecule has 3 unspecified atom stereocenters. The molecule has 2 heterocycles. The maximum absolute atomic E-state index is 12.8. The van der Waals surface area contributed by atoms with Crippen molar-refractivity contribution in [2.45, 2.75) is 44.1 Å². The van der Waals surface area contributed by atoms with Crippen molar-refractivity contribution in [1.29, 1.82) is 0 Å². The van der Waals surface area contributed by atoms with Crippen molar-refractivity contribution in [1.82, 2.24) is 5.32 Å². The van der Waals surface area contributed by atoms with E-state index in [-0.39, 0.29) is 17.8 Å². The molecular formula is C21H23NO5. The average Bonchev–Trinajstić information content (AvgIpc) is 3.01. The number of amides is 1. The predicted octanol–water partition coefficient (Wildman–Crippen LogP) is 1.54. The summed E-state index contributed by atoms with van der Waals surface area (Å²) in [7, 11) is 0. The monoisotopic (exact) mass is 369 g/mol. The maximum Gasteiger partial charge on any atom is 0.278 e. The molecule has 6 heteroatoms. The first kappa shape index (κ1) is 19.1. The van der Waals surface area contributed by atoms with Gasteiger partial charge in [-0.3, -0.25) is 9.59 Å². The van der Waals surface area contributed by atoms with E-state index in [1.165, 1.54) is 6.92 Å². The Morgan fingerprint density at radius 2 is 1.93 bits per heavy atom. The summed E-state index contributed by atoms with van der Waals surface area (Å²) in [5, 5.41) is 24.1. The molecular weight excluding hydrogens is 346 g/mol. The molecule has 1 aromatic carbocycles. The Hall–Kier alpha value is -2.70. The fourth-order valence-corrected chi connectivity index (χ4v) is 3.40. The Bertz CT molecular complexity index is 841. The number of nitrogens with one attached hydrogen (secondary N) is 1. The van der Waals surface area contributed by atoms with Crippen molar-refractivity contribution in [2.75, 3.05) is 0 Å². The molecule has 0 aromatic heterocycles. The van der Waals surface area contributed by atoms with E-state index in [1.54, 1.807) is 42.5 Å². The van der Waals surface area contributed by atoms with Crippen LogP contribution in [-0.2, 0) is 20.7 Å². The van der Waals surface area contributed by atoms with Crippen molar-refractivity contribution < 1.29 is 24.5 Å². The third-order valence-electron chi connectivity index (χ3n) is 4.87.